The van der Waals surface area contributed by atoms with Gasteiger partial charge < -0.3 is 94.8 Å². The van der Waals surface area contributed by atoms with Gasteiger partial charge in [0.15, 0.2) is 18.9 Å². The SMILES string of the molecule is CC(C)=CCCC(C)(OC1OC(CO)C(O)C(O)C1O)C1CCC2(C)C3CCC4C(C)(C)C(OC5OC(CO)C(O)C(O)C5OC5OC(CO)C(O)C(O)C5O)C(O)CC4(C)C3CC(O)C12C. The number of aliphatic hydroxyl groups excluding tert-OH is 13. The van der Waals surface area contributed by atoms with Crippen LogP contribution in [0, 0.1) is 45.3 Å². The summed E-state index contributed by atoms with van der Waals surface area (Å²) in [5.41, 5.74) is -2.32. The fourth-order valence-corrected chi connectivity index (χ4v) is 15.0. The van der Waals surface area contributed by atoms with E-state index in [4.69, 9.17) is 28.4 Å². The lowest BCUT2D eigenvalue weighted by Crippen LogP contribution is -2.69. The molecule has 0 spiro atoms. The topological polar surface area (TPSA) is 318 Å². The van der Waals surface area contributed by atoms with Crippen molar-refractivity contribution in [3.05, 3.63) is 11.6 Å². The zero-order valence-electron chi connectivity index (χ0n) is 40.3. The lowest BCUT2D eigenvalue weighted by molar-refractivity contribution is -0.383. The van der Waals surface area contributed by atoms with Crippen molar-refractivity contribution in [1.82, 2.24) is 0 Å². The number of allylic oxidation sites excluding steroid dienone is 2. The van der Waals surface area contributed by atoms with Gasteiger partial charge in [-0.15, -0.1) is 0 Å². The van der Waals surface area contributed by atoms with E-state index < -0.39 is 158 Å². The highest BCUT2D eigenvalue weighted by Gasteiger charge is 2.73. The summed E-state index contributed by atoms with van der Waals surface area (Å²) in [4.78, 5) is 0. The third kappa shape index (κ3) is 8.92. The molecule has 26 unspecified atom stereocenters. The van der Waals surface area contributed by atoms with E-state index in [1.54, 1.807) is 0 Å². The van der Waals surface area contributed by atoms with E-state index in [0.717, 1.165) is 24.8 Å². The van der Waals surface area contributed by atoms with Crippen molar-refractivity contribution < 1.29 is 94.8 Å². The summed E-state index contributed by atoms with van der Waals surface area (Å²) in [7, 11) is 0. The van der Waals surface area contributed by atoms with E-state index in [2.05, 4.69) is 26.8 Å². The van der Waals surface area contributed by atoms with Crippen molar-refractivity contribution in [2.75, 3.05) is 19.8 Å². The molecule has 4 aliphatic carbocycles. The highest BCUT2D eigenvalue weighted by Crippen LogP contribution is 2.75. The molecule has 19 heteroatoms. The number of fused-ring (bicyclic) bond motifs is 5. The van der Waals surface area contributed by atoms with E-state index in [-0.39, 0.29) is 30.1 Å². The summed E-state index contributed by atoms with van der Waals surface area (Å²) >= 11 is 0. The molecule has 7 aliphatic rings. The maximum atomic E-state index is 12.8. The lowest BCUT2D eigenvalue weighted by atomic mass is 9.37. The molecule has 0 aromatic carbocycles. The second-order valence-electron chi connectivity index (χ2n) is 23.0. The Bertz CT molecular complexity index is 1710. The van der Waals surface area contributed by atoms with Gasteiger partial charge in [0.25, 0.3) is 0 Å². The molecule has 3 heterocycles. The van der Waals surface area contributed by atoms with Crippen LogP contribution >= 0.6 is 0 Å². The maximum Gasteiger partial charge on any atom is 0.187 e. The summed E-state index contributed by atoms with van der Waals surface area (Å²) in [5.74, 6) is -0.253. The molecular formula is C48H82O19. The number of hydrogen-bond acceptors (Lipinski definition) is 19. The first-order valence-electron chi connectivity index (χ1n) is 24.5. The molecule has 4 saturated carbocycles. The van der Waals surface area contributed by atoms with Crippen LogP contribution in [-0.2, 0) is 28.4 Å². The summed E-state index contributed by atoms with van der Waals surface area (Å²) in [5, 5.41) is 141. The van der Waals surface area contributed by atoms with Crippen molar-refractivity contribution >= 4 is 0 Å². The zero-order valence-corrected chi connectivity index (χ0v) is 40.3. The summed E-state index contributed by atoms with van der Waals surface area (Å²) in [6.45, 7) is 14.6. The molecule has 3 aliphatic heterocycles. The van der Waals surface area contributed by atoms with Gasteiger partial charge in [-0.1, -0.05) is 46.3 Å². The van der Waals surface area contributed by atoms with Crippen molar-refractivity contribution in [2.45, 2.75) is 223 Å². The van der Waals surface area contributed by atoms with Crippen molar-refractivity contribution in [3.63, 3.8) is 0 Å². The van der Waals surface area contributed by atoms with E-state index in [1.165, 1.54) is 0 Å². The molecule has 26 atom stereocenters. The van der Waals surface area contributed by atoms with Crippen LogP contribution in [-0.4, -0.2) is 202 Å². The monoisotopic (exact) mass is 963 g/mol. The summed E-state index contributed by atoms with van der Waals surface area (Å²) < 4.78 is 36.9. The van der Waals surface area contributed by atoms with Gasteiger partial charge in [0.05, 0.1) is 43.7 Å². The van der Waals surface area contributed by atoms with E-state index in [1.807, 2.05) is 34.6 Å². The van der Waals surface area contributed by atoms with Gasteiger partial charge in [-0.3, -0.25) is 0 Å². The largest absolute Gasteiger partial charge is 0.394 e. The quantitative estimate of drug-likeness (QED) is 0.0773. The third-order valence-corrected chi connectivity index (χ3v) is 18.8. The zero-order chi connectivity index (χ0) is 49.5. The first-order chi connectivity index (χ1) is 31.3. The van der Waals surface area contributed by atoms with Gasteiger partial charge in [-0.05, 0) is 112 Å². The third-order valence-electron chi connectivity index (χ3n) is 18.8. The average Bonchev–Trinajstić information content (AvgIpc) is 3.57. The van der Waals surface area contributed by atoms with Gasteiger partial charge in [-0.2, -0.15) is 0 Å². The Kier molecular flexibility index (Phi) is 15.9. The Morgan fingerprint density at radius 3 is 1.75 bits per heavy atom. The highest BCUT2D eigenvalue weighted by atomic mass is 16.8. The second kappa shape index (κ2) is 19.8. The van der Waals surface area contributed by atoms with Crippen LogP contribution in [0.15, 0.2) is 11.6 Å². The van der Waals surface area contributed by atoms with Crippen LogP contribution in [0.1, 0.15) is 107 Å². The average molecular weight is 963 g/mol. The Labute approximate surface area is 393 Å². The first kappa shape index (κ1) is 53.8. The Morgan fingerprint density at radius 1 is 0.642 bits per heavy atom. The van der Waals surface area contributed by atoms with Gasteiger partial charge in [0, 0.05) is 5.41 Å². The van der Waals surface area contributed by atoms with Crippen LogP contribution in [0.5, 0.6) is 0 Å². The fourth-order valence-electron chi connectivity index (χ4n) is 15.0. The predicted octanol–water partition coefficient (Wildman–Crippen LogP) is -1.06. The van der Waals surface area contributed by atoms with Crippen LogP contribution in [0.25, 0.3) is 0 Å². The highest BCUT2D eigenvalue weighted by molar-refractivity contribution is 5.21. The van der Waals surface area contributed by atoms with Gasteiger partial charge in [-0.25, -0.2) is 0 Å². The Balaban J connectivity index is 1.15. The van der Waals surface area contributed by atoms with E-state index in [0.29, 0.717) is 25.7 Å². The van der Waals surface area contributed by atoms with Crippen LogP contribution < -0.4 is 0 Å². The molecule has 0 aromatic heterocycles. The maximum absolute atomic E-state index is 12.8. The van der Waals surface area contributed by atoms with Gasteiger partial charge in [0.2, 0.25) is 0 Å². The molecule has 0 aromatic rings. The molecule has 7 fully saturated rings. The van der Waals surface area contributed by atoms with Crippen LogP contribution in [0.2, 0.25) is 0 Å². The summed E-state index contributed by atoms with van der Waals surface area (Å²) in [6, 6.07) is 0. The molecule has 67 heavy (non-hydrogen) atoms. The minimum Gasteiger partial charge on any atom is -0.394 e. The standard InChI is InChI=1S/C48H82O19/c1-21(2)10-9-14-47(7,67-42-38(61)35(58)32(55)26(19-50)63-42)29-13-15-46(6)22-11-12-28-44(3,4)40(24(52)17-45(28,5)23(22)16-30(53)48(29,46)8)66-43-39(36(59)33(56)27(20-51)64-43)65-41-37(60)34(57)31(54)25(18-49)62-41/h10,22-43,49-61H,9,11-20H2,1-8H3. The molecule has 388 valence electrons. The van der Waals surface area contributed by atoms with Gasteiger partial charge in [0.1, 0.15) is 73.2 Å². The first-order valence-corrected chi connectivity index (χ1v) is 24.5. The van der Waals surface area contributed by atoms with Crippen LogP contribution in [0.4, 0.5) is 0 Å². The Morgan fingerprint density at radius 2 is 1.18 bits per heavy atom. The molecule has 0 amide bonds. The number of aliphatic hydroxyl groups is 13. The number of ether oxygens (including phenoxy) is 6. The van der Waals surface area contributed by atoms with Crippen molar-refractivity contribution in [2.24, 2.45) is 45.3 Å². The van der Waals surface area contributed by atoms with E-state index in [9.17, 15) is 66.4 Å². The minimum atomic E-state index is -1.85. The molecule has 3 saturated heterocycles. The molecule has 7 rings (SSSR count). The normalized spacial score (nSPS) is 52.9. The molecule has 0 radical (unpaired) electrons. The minimum absolute atomic E-state index is 0.0415. The number of hydrogen-bond donors (Lipinski definition) is 13. The molecule has 19 nitrogen and oxygen atoms in total. The van der Waals surface area contributed by atoms with E-state index >= 15 is 0 Å². The fraction of sp³-hybridized carbons (Fsp3) is 0.958. The van der Waals surface area contributed by atoms with Crippen LogP contribution in [0.3, 0.4) is 0 Å². The predicted molar refractivity (Wildman–Crippen MR) is 235 cm³/mol. The Hall–Kier alpha value is -1.02. The van der Waals surface area contributed by atoms with Gasteiger partial charge >= 0.3 is 0 Å². The second-order valence-corrected chi connectivity index (χ2v) is 23.0. The number of rotatable bonds is 13. The molecular weight excluding hydrogens is 881 g/mol. The van der Waals surface area contributed by atoms with Crippen molar-refractivity contribution in [1.29, 1.82) is 0 Å². The molecule has 13 N–H and O–H groups in total. The smallest absolute Gasteiger partial charge is 0.187 e. The summed E-state index contributed by atoms with van der Waals surface area (Å²) in [6.07, 6.45) is -19.6. The molecule has 0 bridgehead atoms. The lowest BCUT2D eigenvalue weighted by Gasteiger charge is -2.69. The van der Waals surface area contributed by atoms with Crippen molar-refractivity contribution in [3.8, 4) is 0 Å².